The number of carbonyl (C=O) groups excluding carboxylic acids is 2. The van der Waals surface area contributed by atoms with Gasteiger partial charge in [-0.3, -0.25) is 4.79 Å². The molecule has 1 atom stereocenters. The number of hydrogen-bond acceptors (Lipinski definition) is 3. The number of nitrogens with one attached hydrogen (secondary N) is 1. The molecule has 0 amide bonds. The maximum atomic E-state index is 13.3. The van der Waals surface area contributed by atoms with Crippen molar-refractivity contribution in [2.45, 2.75) is 6.10 Å². The van der Waals surface area contributed by atoms with Gasteiger partial charge in [-0.15, -0.1) is 0 Å². The molecule has 3 aromatic carbocycles. The first kappa shape index (κ1) is 19.9. The zero-order valence-corrected chi connectivity index (χ0v) is 17.5. The summed E-state index contributed by atoms with van der Waals surface area (Å²) < 4.78 is 6.53. The molecule has 0 saturated heterocycles. The summed E-state index contributed by atoms with van der Waals surface area (Å²) in [5.74, 6) is -0.861. The van der Waals surface area contributed by atoms with E-state index in [0.717, 1.165) is 20.9 Å². The highest BCUT2D eigenvalue weighted by Gasteiger charge is 2.27. The average molecular weight is 460 g/mol. The summed E-state index contributed by atoms with van der Waals surface area (Å²) >= 11 is 3.40. The number of halogens is 1. The summed E-state index contributed by atoms with van der Waals surface area (Å²) in [5.41, 5.74) is 2.81. The monoisotopic (exact) mass is 459 g/mol. The smallest absolute Gasteiger partial charge is 0.331 e. The number of hydrogen-bond donors (Lipinski definition) is 1. The molecule has 0 fully saturated rings. The minimum atomic E-state index is -1.04. The number of esters is 1. The lowest BCUT2D eigenvalue weighted by molar-refractivity contribution is -0.141. The number of H-pyrrole nitrogens is 1. The Hall–Kier alpha value is -3.44. The van der Waals surface area contributed by atoms with E-state index in [1.54, 1.807) is 24.4 Å². The van der Waals surface area contributed by atoms with Crippen molar-refractivity contribution in [2.75, 3.05) is 0 Å². The Morgan fingerprint density at radius 1 is 0.933 bits per heavy atom. The van der Waals surface area contributed by atoms with Gasteiger partial charge < -0.3 is 9.72 Å². The third kappa shape index (κ3) is 4.42. The van der Waals surface area contributed by atoms with Gasteiger partial charge in [-0.2, -0.15) is 0 Å². The van der Waals surface area contributed by atoms with Crippen molar-refractivity contribution < 1.29 is 14.3 Å². The molecule has 148 valence electrons. The Morgan fingerprint density at radius 3 is 2.50 bits per heavy atom. The highest BCUT2D eigenvalue weighted by molar-refractivity contribution is 9.10. The lowest BCUT2D eigenvalue weighted by atomic mass is 9.99. The number of carbonyl (C=O) groups is 2. The standard InChI is InChI=1S/C25H18BrNO3/c26-19-10-6-7-17(15-19)13-14-23(28)30-25(18-8-2-1-3-9-18)24(29)21-16-27-22-12-5-4-11-20(21)22/h1-16,25,27H. The van der Waals surface area contributed by atoms with Crippen LogP contribution in [0.15, 0.2) is 95.6 Å². The molecule has 4 rings (SSSR count). The van der Waals surface area contributed by atoms with Crippen molar-refractivity contribution in [3.8, 4) is 0 Å². The van der Waals surface area contributed by atoms with E-state index in [-0.39, 0.29) is 5.78 Å². The van der Waals surface area contributed by atoms with Crippen LogP contribution in [-0.4, -0.2) is 16.7 Å². The van der Waals surface area contributed by atoms with Gasteiger partial charge in [-0.05, 0) is 29.8 Å². The second-order valence-corrected chi connectivity index (χ2v) is 7.64. The number of Topliss-reactive ketones (excluding diaryl/α,β-unsaturated/α-hetero) is 1. The van der Waals surface area contributed by atoms with Gasteiger partial charge in [0.15, 0.2) is 6.10 Å². The lowest BCUT2D eigenvalue weighted by Crippen LogP contribution is -2.19. The molecule has 0 saturated carbocycles. The lowest BCUT2D eigenvalue weighted by Gasteiger charge is -2.16. The topological polar surface area (TPSA) is 59.2 Å². The summed E-state index contributed by atoms with van der Waals surface area (Å²) in [7, 11) is 0. The second kappa shape index (κ2) is 8.93. The second-order valence-electron chi connectivity index (χ2n) is 6.73. The number of para-hydroxylation sites is 1. The van der Waals surface area contributed by atoms with Crippen LogP contribution in [-0.2, 0) is 9.53 Å². The highest BCUT2D eigenvalue weighted by atomic mass is 79.9. The van der Waals surface area contributed by atoms with Crippen LogP contribution in [0.5, 0.6) is 0 Å². The molecule has 0 aliphatic heterocycles. The van der Waals surface area contributed by atoms with Crippen molar-refractivity contribution in [3.05, 3.63) is 112 Å². The van der Waals surface area contributed by atoms with Crippen LogP contribution in [0, 0.1) is 0 Å². The van der Waals surface area contributed by atoms with Crippen molar-refractivity contribution in [2.24, 2.45) is 0 Å². The number of ketones is 1. The molecular weight excluding hydrogens is 442 g/mol. The molecule has 0 spiro atoms. The predicted octanol–water partition coefficient (Wildman–Crippen LogP) is 6.11. The largest absolute Gasteiger partial charge is 0.446 e. The number of benzene rings is 3. The first-order valence-corrected chi connectivity index (χ1v) is 10.2. The zero-order valence-electron chi connectivity index (χ0n) is 15.9. The van der Waals surface area contributed by atoms with Crippen LogP contribution in [0.2, 0.25) is 0 Å². The van der Waals surface area contributed by atoms with Crippen molar-refractivity contribution in [3.63, 3.8) is 0 Å². The SMILES string of the molecule is O=C(C=Cc1cccc(Br)c1)OC(C(=O)c1c[nH]c2ccccc12)c1ccccc1. The fourth-order valence-corrected chi connectivity index (χ4v) is 3.66. The molecular formula is C25H18BrNO3. The number of rotatable bonds is 6. The van der Waals surface area contributed by atoms with Crippen LogP contribution in [0.25, 0.3) is 17.0 Å². The van der Waals surface area contributed by atoms with E-state index >= 15 is 0 Å². The van der Waals surface area contributed by atoms with Crippen LogP contribution < -0.4 is 0 Å². The number of aromatic amines is 1. The molecule has 5 heteroatoms. The Balaban J connectivity index is 1.62. The quantitative estimate of drug-likeness (QED) is 0.215. The van der Waals surface area contributed by atoms with E-state index in [2.05, 4.69) is 20.9 Å². The minimum absolute atomic E-state index is 0.275. The number of aromatic nitrogens is 1. The highest BCUT2D eigenvalue weighted by Crippen LogP contribution is 2.27. The summed E-state index contributed by atoms with van der Waals surface area (Å²) in [6.07, 6.45) is 3.62. The van der Waals surface area contributed by atoms with Gasteiger partial charge in [0.2, 0.25) is 5.78 Å². The molecule has 0 aliphatic rings. The van der Waals surface area contributed by atoms with E-state index in [0.29, 0.717) is 11.1 Å². The first-order chi connectivity index (χ1) is 14.6. The molecule has 4 aromatic rings. The van der Waals surface area contributed by atoms with Gasteiger partial charge in [-0.1, -0.05) is 76.6 Å². The summed E-state index contributed by atoms with van der Waals surface area (Å²) in [6, 6.07) is 24.1. The molecule has 0 bridgehead atoms. The Labute approximate surface area is 182 Å². The molecule has 4 nitrogen and oxygen atoms in total. The molecule has 1 unspecified atom stereocenters. The number of ether oxygens (including phenoxy) is 1. The average Bonchev–Trinajstić information content (AvgIpc) is 3.20. The predicted molar refractivity (Wildman–Crippen MR) is 121 cm³/mol. The maximum Gasteiger partial charge on any atom is 0.331 e. The van der Waals surface area contributed by atoms with Crippen molar-refractivity contribution in [1.82, 2.24) is 4.98 Å². The third-order valence-electron chi connectivity index (χ3n) is 4.69. The molecule has 1 heterocycles. The molecule has 0 aliphatic carbocycles. The van der Waals surface area contributed by atoms with Crippen LogP contribution in [0.1, 0.15) is 27.6 Å². The Kier molecular flexibility index (Phi) is 5.91. The fourth-order valence-electron chi connectivity index (χ4n) is 3.25. The zero-order chi connectivity index (χ0) is 20.9. The van der Waals surface area contributed by atoms with Crippen molar-refractivity contribution in [1.29, 1.82) is 0 Å². The van der Waals surface area contributed by atoms with Gasteiger partial charge in [0.05, 0.1) is 0 Å². The van der Waals surface area contributed by atoms with E-state index in [9.17, 15) is 9.59 Å². The third-order valence-corrected chi connectivity index (χ3v) is 5.18. The van der Waals surface area contributed by atoms with Gasteiger partial charge in [0.1, 0.15) is 0 Å². The van der Waals surface area contributed by atoms with Crippen LogP contribution in [0.3, 0.4) is 0 Å². The summed E-state index contributed by atoms with van der Waals surface area (Å²) in [4.78, 5) is 29.0. The van der Waals surface area contributed by atoms with Gasteiger partial charge in [0.25, 0.3) is 0 Å². The Bertz CT molecular complexity index is 1230. The maximum absolute atomic E-state index is 13.3. The normalized spacial score (nSPS) is 12.2. The number of fused-ring (bicyclic) bond motifs is 1. The minimum Gasteiger partial charge on any atom is -0.446 e. The van der Waals surface area contributed by atoms with Gasteiger partial charge in [-0.25, -0.2) is 4.79 Å². The van der Waals surface area contributed by atoms with E-state index < -0.39 is 12.1 Å². The molecule has 30 heavy (non-hydrogen) atoms. The Morgan fingerprint density at radius 2 is 1.70 bits per heavy atom. The molecule has 1 N–H and O–H groups in total. The summed E-state index contributed by atoms with van der Waals surface area (Å²) in [5, 5.41) is 0.796. The van der Waals surface area contributed by atoms with E-state index in [1.807, 2.05) is 66.7 Å². The molecule has 0 radical (unpaired) electrons. The first-order valence-electron chi connectivity index (χ1n) is 9.41. The van der Waals surface area contributed by atoms with E-state index in [4.69, 9.17) is 4.74 Å². The van der Waals surface area contributed by atoms with Crippen molar-refractivity contribution >= 4 is 44.7 Å². The molecule has 1 aromatic heterocycles. The van der Waals surface area contributed by atoms with Gasteiger partial charge >= 0.3 is 5.97 Å². The van der Waals surface area contributed by atoms with Gasteiger partial charge in [0, 0.05) is 38.8 Å². The van der Waals surface area contributed by atoms with E-state index in [1.165, 1.54) is 6.08 Å². The van der Waals surface area contributed by atoms with Crippen LogP contribution in [0.4, 0.5) is 0 Å². The fraction of sp³-hybridized carbons (Fsp3) is 0.0400. The van der Waals surface area contributed by atoms with Crippen LogP contribution >= 0.6 is 15.9 Å². The summed E-state index contributed by atoms with van der Waals surface area (Å²) in [6.45, 7) is 0.